The number of nitrogen functional groups attached to an aromatic ring is 1. The van der Waals surface area contributed by atoms with Gasteiger partial charge in [-0.3, -0.25) is 0 Å². The van der Waals surface area contributed by atoms with Crippen LogP contribution >= 0.6 is 11.6 Å². The molecule has 6 heteroatoms. The number of aliphatic hydroxyl groups is 1. The number of nitrogens with two attached hydrogens (primary N) is 1. The van der Waals surface area contributed by atoms with E-state index < -0.39 is 0 Å². The molecule has 0 radical (unpaired) electrons. The van der Waals surface area contributed by atoms with Crippen molar-refractivity contribution in [1.29, 1.82) is 0 Å². The fraction of sp³-hybridized carbons (Fsp3) is 0.667. The van der Waals surface area contributed by atoms with Crippen LogP contribution in [0.4, 0.5) is 11.5 Å². The number of aliphatic hydroxyl groups excluding tert-OH is 1. The minimum atomic E-state index is -0.168. The normalized spacial score (nSPS) is 23.9. The summed E-state index contributed by atoms with van der Waals surface area (Å²) in [4.78, 5) is 8.08. The number of aromatic nitrogens is 2. The van der Waals surface area contributed by atoms with Crippen molar-refractivity contribution < 1.29 is 5.11 Å². The maximum atomic E-state index is 9.62. The van der Waals surface area contributed by atoms with Gasteiger partial charge in [0.25, 0.3) is 0 Å². The smallest absolute Gasteiger partial charge is 0.224 e. The third kappa shape index (κ3) is 3.23. The van der Waals surface area contributed by atoms with Gasteiger partial charge in [-0.2, -0.15) is 4.98 Å². The Kier molecular flexibility index (Phi) is 4.24. The summed E-state index contributed by atoms with van der Waals surface area (Å²) in [6, 6.07) is 0. The largest absolute Gasteiger partial charge is 0.394 e. The predicted molar refractivity (Wildman–Crippen MR) is 72.6 cm³/mol. The van der Waals surface area contributed by atoms with Gasteiger partial charge in [-0.25, -0.2) is 4.98 Å². The number of nitrogens with one attached hydrogen (secondary N) is 1. The highest BCUT2D eigenvalue weighted by molar-refractivity contribution is 6.28. The standard InChI is InChI=1S/C12H19ClN4O/c1-7-10(14)11(17-12(13)16-7)15-6-8-3-2-4-9(18)5-8/h8-9,18H,2-6,14H2,1H3,(H,15,16,17). The Morgan fingerprint density at radius 3 is 2.94 bits per heavy atom. The fourth-order valence-corrected chi connectivity index (χ4v) is 2.58. The Morgan fingerprint density at radius 1 is 1.44 bits per heavy atom. The van der Waals surface area contributed by atoms with Crippen LogP contribution in [-0.4, -0.2) is 27.7 Å². The summed E-state index contributed by atoms with van der Waals surface area (Å²) in [6.45, 7) is 2.56. The number of aryl methyl sites for hydroxylation is 1. The van der Waals surface area contributed by atoms with E-state index >= 15 is 0 Å². The van der Waals surface area contributed by atoms with Gasteiger partial charge in [0.2, 0.25) is 5.28 Å². The van der Waals surface area contributed by atoms with Gasteiger partial charge in [0.05, 0.1) is 17.5 Å². The topological polar surface area (TPSA) is 84.1 Å². The van der Waals surface area contributed by atoms with Gasteiger partial charge in [-0.05, 0) is 43.7 Å². The molecule has 1 aromatic heterocycles. The Morgan fingerprint density at radius 2 is 2.22 bits per heavy atom. The van der Waals surface area contributed by atoms with Gasteiger partial charge in [-0.1, -0.05) is 6.42 Å². The molecule has 1 aliphatic rings. The Hall–Kier alpha value is -1.07. The lowest BCUT2D eigenvalue weighted by molar-refractivity contribution is 0.104. The molecule has 0 aromatic carbocycles. The quantitative estimate of drug-likeness (QED) is 0.732. The van der Waals surface area contributed by atoms with Crippen LogP contribution in [0, 0.1) is 12.8 Å². The molecule has 4 N–H and O–H groups in total. The zero-order valence-corrected chi connectivity index (χ0v) is 11.2. The number of nitrogens with zero attached hydrogens (tertiary/aromatic N) is 2. The summed E-state index contributed by atoms with van der Waals surface area (Å²) in [5.41, 5.74) is 7.12. The van der Waals surface area contributed by atoms with Crippen LogP contribution in [0.15, 0.2) is 0 Å². The summed E-state index contributed by atoms with van der Waals surface area (Å²) in [6.07, 6.45) is 3.79. The van der Waals surface area contributed by atoms with Crippen LogP contribution < -0.4 is 11.1 Å². The second kappa shape index (κ2) is 5.71. The number of hydrogen-bond donors (Lipinski definition) is 3. The highest BCUT2D eigenvalue weighted by Gasteiger charge is 2.20. The SMILES string of the molecule is Cc1nc(Cl)nc(NCC2CCCC(O)C2)c1N. The molecule has 1 fully saturated rings. The molecule has 2 atom stereocenters. The molecule has 0 spiro atoms. The average Bonchev–Trinajstić information content (AvgIpc) is 2.32. The third-order valence-corrected chi connectivity index (χ3v) is 3.59. The monoisotopic (exact) mass is 270 g/mol. The van der Waals surface area contributed by atoms with E-state index in [4.69, 9.17) is 17.3 Å². The molecule has 2 rings (SSSR count). The van der Waals surface area contributed by atoms with E-state index in [0.717, 1.165) is 32.2 Å². The van der Waals surface area contributed by atoms with Crippen molar-refractivity contribution in [2.45, 2.75) is 38.7 Å². The van der Waals surface area contributed by atoms with Crippen LogP contribution in [0.2, 0.25) is 5.28 Å². The van der Waals surface area contributed by atoms with Crippen LogP contribution in [-0.2, 0) is 0 Å². The van der Waals surface area contributed by atoms with E-state index in [1.54, 1.807) is 6.92 Å². The molecule has 1 aromatic rings. The molecule has 1 aliphatic carbocycles. The first-order valence-corrected chi connectivity index (χ1v) is 6.65. The van der Waals surface area contributed by atoms with Gasteiger partial charge in [0, 0.05) is 6.54 Å². The fourth-order valence-electron chi connectivity index (χ4n) is 2.37. The van der Waals surface area contributed by atoms with Crippen LogP contribution in [0.5, 0.6) is 0 Å². The van der Waals surface area contributed by atoms with Crippen LogP contribution in [0.3, 0.4) is 0 Å². The summed E-state index contributed by atoms with van der Waals surface area (Å²) in [5.74, 6) is 1.05. The van der Waals surface area contributed by atoms with Crippen LogP contribution in [0.25, 0.3) is 0 Å². The van der Waals surface area contributed by atoms with Gasteiger partial charge < -0.3 is 16.2 Å². The minimum absolute atomic E-state index is 0.168. The first-order valence-electron chi connectivity index (χ1n) is 6.28. The highest BCUT2D eigenvalue weighted by atomic mass is 35.5. The summed E-state index contributed by atoms with van der Waals surface area (Å²) in [7, 11) is 0. The van der Waals surface area contributed by atoms with E-state index in [1.165, 1.54) is 0 Å². The van der Waals surface area contributed by atoms with Gasteiger partial charge >= 0.3 is 0 Å². The summed E-state index contributed by atoms with van der Waals surface area (Å²) < 4.78 is 0. The lowest BCUT2D eigenvalue weighted by Gasteiger charge is -2.26. The lowest BCUT2D eigenvalue weighted by Crippen LogP contribution is -2.25. The molecule has 0 bridgehead atoms. The van der Waals surface area contributed by atoms with E-state index in [1.807, 2.05) is 0 Å². The maximum absolute atomic E-state index is 9.62. The predicted octanol–water partition coefficient (Wildman–Crippen LogP) is 1.98. The summed E-state index contributed by atoms with van der Waals surface area (Å²) in [5, 5.41) is 13.0. The van der Waals surface area contributed by atoms with E-state index in [-0.39, 0.29) is 11.4 Å². The number of anilines is 2. The van der Waals surface area contributed by atoms with Crippen molar-refractivity contribution in [3.05, 3.63) is 11.0 Å². The van der Waals surface area contributed by atoms with Crippen LogP contribution in [0.1, 0.15) is 31.4 Å². The van der Waals surface area contributed by atoms with Crippen molar-refractivity contribution in [3.63, 3.8) is 0 Å². The number of rotatable bonds is 3. The second-order valence-electron chi connectivity index (χ2n) is 4.91. The molecular weight excluding hydrogens is 252 g/mol. The average molecular weight is 271 g/mol. The minimum Gasteiger partial charge on any atom is -0.394 e. The third-order valence-electron chi connectivity index (χ3n) is 3.42. The molecule has 0 saturated heterocycles. The van der Waals surface area contributed by atoms with E-state index in [0.29, 0.717) is 23.1 Å². The lowest BCUT2D eigenvalue weighted by atomic mass is 9.87. The zero-order valence-electron chi connectivity index (χ0n) is 10.5. The molecule has 2 unspecified atom stereocenters. The molecule has 18 heavy (non-hydrogen) atoms. The van der Waals surface area contributed by atoms with E-state index in [9.17, 15) is 5.11 Å². The van der Waals surface area contributed by atoms with Crippen molar-refractivity contribution in [3.8, 4) is 0 Å². The first-order chi connectivity index (χ1) is 8.56. The Labute approximate surface area is 112 Å². The summed E-state index contributed by atoms with van der Waals surface area (Å²) >= 11 is 5.81. The van der Waals surface area contributed by atoms with Gasteiger partial charge in [0.15, 0.2) is 5.82 Å². The zero-order chi connectivity index (χ0) is 13.1. The molecular formula is C12H19ClN4O. The highest BCUT2D eigenvalue weighted by Crippen LogP contribution is 2.26. The van der Waals surface area contributed by atoms with Crippen molar-refractivity contribution in [2.75, 3.05) is 17.6 Å². The number of hydrogen-bond acceptors (Lipinski definition) is 5. The molecule has 1 saturated carbocycles. The molecule has 0 aliphatic heterocycles. The second-order valence-corrected chi connectivity index (χ2v) is 5.25. The Bertz CT molecular complexity index is 427. The van der Waals surface area contributed by atoms with Crippen molar-refractivity contribution in [1.82, 2.24) is 9.97 Å². The first kappa shape index (κ1) is 13.4. The van der Waals surface area contributed by atoms with Crippen molar-refractivity contribution in [2.24, 2.45) is 5.92 Å². The molecule has 1 heterocycles. The van der Waals surface area contributed by atoms with E-state index in [2.05, 4.69) is 15.3 Å². The maximum Gasteiger partial charge on any atom is 0.224 e. The van der Waals surface area contributed by atoms with Gasteiger partial charge in [-0.15, -0.1) is 0 Å². The number of halogens is 1. The Balaban J connectivity index is 1.97. The molecule has 100 valence electrons. The molecule has 0 amide bonds. The van der Waals surface area contributed by atoms with Crippen molar-refractivity contribution >= 4 is 23.1 Å². The van der Waals surface area contributed by atoms with Gasteiger partial charge in [0.1, 0.15) is 0 Å². The molecule has 5 nitrogen and oxygen atoms in total.